The summed E-state index contributed by atoms with van der Waals surface area (Å²) in [7, 11) is -3.24. The molecule has 1 aromatic rings. The Morgan fingerprint density at radius 1 is 1.40 bits per heavy atom. The minimum atomic E-state index is -3.24. The van der Waals surface area contributed by atoms with Crippen LogP contribution in [0.25, 0.3) is 0 Å². The van der Waals surface area contributed by atoms with Crippen molar-refractivity contribution >= 4 is 41.9 Å². The topological polar surface area (TPSA) is 46.2 Å². The molecule has 0 aliphatic carbocycles. The Morgan fingerprint density at radius 2 is 2.00 bits per heavy atom. The quantitative estimate of drug-likeness (QED) is 0.843. The first-order chi connectivity index (χ1) is 6.96. The number of halogens is 2. The van der Waals surface area contributed by atoms with Gasteiger partial charge in [0.15, 0.2) is 0 Å². The summed E-state index contributed by atoms with van der Waals surface area (Å²) < 4.78 is 26.0. The highest BCUT2D eigenvalue weighted by molar-refractivity contribution is 9.11. The average molecular weight is 357 g/mol. The zero-order valence-corrected chi connectivity index (χ0v) is 12.1. The number of nitrogens with one attached hydrogen (secondary N) is 1. The van der Waals surface area contributed by atoms with Gasteiger partial charge < -0.3 is 0 Å². The number of alkyl halides is 1. The SMILES string of the molecule is C[C@@H](NS(=O)(=O)CBr)c1ccccc1Br. The van der Waals surface area contributed by atoms with Crippen molar-refractivity contribution in [2.24, 2.45) is 0 Å². The normalized spacial score (nSPS) is 13.8. The fourth-order valence-electron chi connectivity index (χ4n) is 1.19. The number of benzene rings is 1. The van der Waals surface area contributed by atoms with Gasteiger partial charge in [-0.15, -0.1) is 0 Å². The highest BCUT2D eigenvalue weighted by Crippen LogP contribution is 2.23. The van der Waals surface area contributed by atoms with Crippen molar-refractivity contribution < 1.29 is 8.42 Å². The maximum Gasteiger partial charge on any atom is 0.222 e. The van der Waals surface area contributed by atoms with E-state index in [0.717, 1.165) is 10.0 Å². The lowest BCUT2D eigenvalue weighted by molar-refractivity contribution is 0.572. The van der Waals surface area contributed by atoms with E-state index in [9.17, 15) is 8.42 Å². The van der Waals surface area contributed by atoms with Gasteiger partial charge in [-0.25, -0.2) is 13.1 Å². The first-order valence-electron chi connectivity index (χ1n) is 4.26. The summed E-state index contributed by atoms with van der Waals surface area (Å²) in [6.07, 6.45) is 0. The van der Waals surface area contributed by atoms with E-state index in [2.05, 4.69) is 36.6 Å². The molecule has 0 fully saturated rings. The van der Waals surface area contributed by atoms with Gasteiger partial charge in [0, 0.05) is 10.5 Å². The fourth-order valence-corrected chi connectivity index (χ4v) is 2.94. The van der Waals surface area contributed by atoms with E-state index in [0.29, 0.717) is 0 Å². The minimum absolute atomic E-state index is 0.0885. The van der Waals surface area contributed by atoms with Crippen LogP contribution in [0.1, 0.15) is 18.5 Å². The zero-order valence-electron chi connectivity index (χ0n) is 8.07. The van der Waals surface area contributed by atoms with E-state index < -0.39 is 10.0 Å². The minimum Gasteiger partial charge on any atom is -0.212 e. The monoisotopic (exact) mass is 355 g/mol. The molecular weight excluding hydrogens is 346 g/mol. The summed E-state index contributed by atoms with van der Waals surface area (Å²) in [6, 6.07) is 7.28. The third-order valence-corrected chi connectivity index (χ3v) is 5.40. The molecule has 0 amide bonds. The van der Waals surface area contributed by atoms with Crippen LogP contribution in [0.15, 0.2) is 28.7 Å². The Balaban J connectivity index is 2.87. The molecule has 0 bridgehead atoms. The van der Waals surface area contributed by atoms with Gasteiger partial charge in [0.25, 0.3) is 0 Å². The van der Waals surface area contributed by atoms with E-state index in [4.69, 9.17) is 0 Å². The van der Waals surface area contributed by atoms with Crippen molar-refractivity contribution in [1.29, 1.82) is 0 Å². The van der Waals surface area contributed by atoms with Crippen molar-refractivity contribution in [2.45, 2.75) is 13.0 Å². The van der Waals surface area contributed by atoms with Crippen molar-refractivity contribution in [2.75, 3.05) is 4.66 Å². The standard InChI is InChI=1S/C9H11Br2NO2S/c1-7(12-15(13,14)6-10)8-4-2-3-5-9(8)11/h2-5,7,12H,6H2,1H3/t7-/m1/s1. The average Bonchev–Trinajstić information content (AvgIpc) is 2.17. The Bertz CT molecular complexity index is 433. The molecule has 0 unspecified atom stereocenters. The van der Waals surface area contributed by atoms with E-state index in [1.807, 2.05) is 24.3 Å². The van der Waals surface area contributed by atoms with E-state index in [-0.39, 0.29) is 10.7 Å². The van der Waals surface area contributed by atoms with Crippen molar-refractivity contribution in [3.63, 3.8) is 0 Å². The van der Waals surface area contributed by atoms with Crippen LogP contribution in [0.3, 0.4) is 0 Å². The molecule has 0 heterocycles. The summed E-state index contributed by atoms with van der Waals surface area (Å²) in [5.74, 6) is 0. The van der Waals surface area contributed by atoms with E-state index >= 15 is 0 Å². The van der Waals surface area contributed by atoms with Gasteiger partial charge in [-0.3, -0.25) is 0 Å². The molecule has 84 valence electrons. The number of hydrogen-bond donors (Lipinski definition) is 1. The van der Waals surface area contributed by atoms with Crippen LogP contribution >= 0.6 is 31.9 Å². The van der Waals surface area contributed by atoms with Gasteiger partial charge in [0.2, 0.25) is 10.0 Å². The fraction of sp³-hybridized carbons (Fsp3) is 0.333. The highest BCUT2D eigenvalue weighted by Gasteiger charge is 2.15. The van der Waals surface area contributed by atoms with E-state index in [1.54, 1.807) is 6.92 Å². The van der Waals surface area contributed by atoms with Crippen molar-refractivity contribution in [3.8, 4) is 0 Å². The Labute approximate surface area is 107 Å². The summed E-state index contributed by atoms with van der Waals surface area (Å²) in [6.45, 7) is 1.81. The Morgan fingerprint density at radius 3 is 2.53 bits per heavy atom. The molecule has 15 heavy (non-hydrogen) atoms. The molecule has 1 N–H and O–H groups in total. The first kappa shape index (κ1) is 13.2. The first-order valence-corrected chi connectivity index (χ1v) is 7.83. The molecule has 0 saturated carbocycles. The highest BCUT2D eigenvalue weighted by atomic mass is 79.9. The lowest BCUT2D eigenvalue weighted by Gasteiger charge is -2.14. The lowest BCUT2D eigenvalue weighted by atomic mass is 10.1. The molecule has 0 aliphatic rings. The van der Waals surface area contributed by atoms with Gasteiger partial charge in [-0.2, -0.15) is 0 Å². The third kappa shape index (κ3) is 3.86. The Kier molecular flexibility index (Phi) is 4.76. The molecule has 3 nitrogen and oxygen atoms in total. The second kappa shape index (κ2) is 5.43. The summed E-state index contributed by atoms with van der Waals surface area (Å²) in [4.78, 5) is 0. The van der Waals surface area contributed by atoms with Gasteiger partial charge in [-0.1, -0.05) is 50.1 Å². The van der Waals surface area contributed by atoms with Crippen LogP contribution in [-0.2, 0) is 10.0 Å². The molecule has 0 saturated heterocycles. The molecular formula is C9H11Br2NO2S. The predicted octanol–water partition coefficient (Wildman–Crippen LogP) is 2.78. The van der Waals surface area contributed by atoms with Gasteiger partial charge in [0.1, 0.15) is 4.66 Å². The Hall–Kier alpha value is 0.0900. The predicted molar refractivity (Wildman–Crippen MR) is 68.4 cm³/mol. The van der Waals surface area contributed by atoms with Crippen LogP contribution < -0.4 is 4.72 Å². The molecule has 0 spiro atoms. The number of rotatable bonds is 4. The molecule has 1 rings (SSSR count). The van der Waals surface area contributed by atoms with Gasteiger partial charge >= 0.3 is 0 Å². The molecule has 1 aromatic carbocycles. The number of hydrogen-bond acceptors (Lipinski definition) is 2. The van der Waals surface area contributed by atoms with Crippen molar-refractivity contribution in [3.05, 3.63) is 34.3 Å². The van der Waals surface area contributed by atoms with Crippen LogP contribution in [0.4, 0.5) is 0 Å². The largest absolute Gasteiger partial charge is 0.222 e. The summed E-state index contributed by atoms with van der Waals surface area (Å²) in [5, 5.41) is 0. The molecule has 6 heteroatoms. The maximum atomic E-state index is 11.3. The maximum absolute atomic E-state index is 11.3. The molecule has 0 radical (unpaired) electrons. The summed E-state index contributed by atoms with van der Waals surface area (Å²) in [5.41, 5.74) is 0.919. The second-order valence-corrected chi connectivity index (χ2v) is 7.00. The van der Waals surface area contributed by atoms with Gasteiger partial charge in [-0.05, 0) is 18.6 Å². The van der Waals surface area contributed by atoms with Gasteiger partial charge in [0.05, 0.1) is 0 Å². The van der Waals surface area contributed by atoms with Crippen LogP contribution in [-0.4, -0.2) is 13.1 Å². The molecule has 1 atom stereocenters. The van der Waals surface area contributed by atoms with Crippen molar-refractivity contribution in [1.82, 2.24) is 4.72 Å². The smallest absolute Gasteiger partial charge is 0.212 e. The summed E-state index contributed by atoms with van der Waals surface area (Å²) >= 11 is 6.31. The van der Waals surface area contributed by atoms with Crippen LogP contribution in [0.5, 0.6) is 0 Å². The lowest BCUT2D eigenvalue weighted by Crippen LogP contribution is -2.27. The number of sulfonamides is 1. The zero-order chi connectivity index (χ0) is 11.5. The second-order valence-electron chi connectivity index (χ2n) is 3.08. The molecule has 0 aliphatic heterocycles. The van der Waals surface area contributed by atoms with Crippen LogP contribution in [0.2, 0.25) is 0 Å². The van der Waals surface area contributed by atoms with E-state index in [1.165, 1.54) is 0 Å². The third-order valence-electron chi connectivity index (χ3n) is 1.87. The van der Waals surface area contributed by atoms with Crippen LogP contribution in [0, 0.1) is 0 Å². The molecule has 0 aromatic heterocycles.